The fourth-order valence-electron chi connectivity index (χ4n) is 2.97. The molecule has 0 aliphatic carbocycles. The summed E-state index contributed by atoms with van der Waals surface area (Å²) in [5, 5.41) is -0.386. The average Bonchev–Trinajstić information content (AvgIpc) is 3.03. The number of esters is 1. The molecule has 1 fully saturated rings. The summed E-state index contributed by atoms with van der Waals surface area (Å²) < 4.78 is 30.0. The van der Waals surface area contributed by atoms with E-state index < -0.39 is 22.9 Å². The molecule has 1 aliphatic heterocycles. The standard InChI is InChI=1S/C23H21ClFNO6S/c1-3-30-19-10-14(8-9-18(19)32-13-21(27)31-4-2)11-20-22(28)26(23(29)33-20)12-15-16(24)6-5-7-17(15)25/h5-11H,3-4,12-13H2,1-2H3/b20-11-. The van der Waals surface area contributed by atoms with E-state index in [2.05, 4.69) is 0 Å². The van der Waals surface area contributed by atoms with E-state index in [9.17, 15) is 18.8 Å². The predicted octanol–water partition coefficient (Wildman–Crippen LogP) is 5.06. The van der Waals surface area contributed by atoms with E-state index in [1.165, 1.54) is 24.3 Å². The van der Waals surface area contributed by atoms with Crippen molar-refractivity contribution in [3.05, 3.63) is 63.3 Å². The Morgan fingerprint density at radius 3 is 2.61 bits per heavy atom. The van der Waals surface area contributed by atoms with E-state index in [1.807, 2.05) is 0 Å². The molecule has 0 bridgehead atoms. The highest BCUT2D eigenvalue weighted by atomic mass is 35.5. The monoisotopic (exact) mass is 493 g/mol. The summed E-state index contributed by atoms with van der Waals surface area (Å²) in [4.78, 5) is 37.9. The molecule has 0 N–H and O–H groups in total. The Balaban J connectivity index is 1.79. The third kappa shape index (κ3) is 6.06. The zero-order valence-electron chi connectivity index (χ0n) is 17.9. The lowest BCUT2D eigenvalue weighted by atomic mass is 10.1. The number of hydrogen-bond donors (Lipinski definition) is 0. The highest BCUT2D eigenvalue weighted by molar-refractivity contribution is 8.18. The van der Waals surface area contributed by atoms with Crippen LogP contribution in [-0.2, 0) is 20.9 Å². The number of nitrogens with zero attached hydrogens (tertiary/aromatic N) is 1. The first kappa shape index (κ1) is 24.6. The van der Waals surface area contributed by atoms with Gasteiger partial charge in [-0.05, 0) is 61.5 Å². The Labute approximate surface area is 199 Å². The first-order valence-electron chi connectivity index (χ1n) is 10.1. The van der Waals surface area contributed by atoms with Crippen molar-refractivity contribution in [2.24, 2.45) is 0 Å². The molecule has 2 aromatic rings. The Morgan fingerprint density at radius 1 is 1.12 bits per heavy atom. The number of carbonyl (C=O) groups is 3. The van der Waals surface area contributed by atoms with Crippen molar-refractivity contribution in [2.45, 2.75) is 20.4 Å². The van der Waals surface area contributed by atoms with Crippen molar-refractivity contribution in [3.8, 4) is 11.5 Å². The first-order valence-corrected chi connectivity index (χ1v) is 11.3. The zero-order valence-corrected chi connectivity index (χ0v) is 19.5. The number of halogens is 2. The van der Waals surface area contributed by atoms with Crippen LogP contribution in [0.25, 0.3) is 6.08 Å². The van der Waals surface area contributed by atoms with E-state index in [4.69, 9.17) is 25.8 Å². The number of thioether (sulfide) groups is 1. The predicted molar refractivity (Wildman–Crippen MR) is 123 cm³/mol. The quantitative estimate of drug-likeness (QED) is 0.357. The molecule has 1 aliphatic rings. The largest absolute Gasteiger partial charge is 0.490 e. The molecule has 1 saturated heterocycles. The molecule has 174 valence electrons. The van der Waals surface area contributed by atoms with Crippen LogP contribution in [0.15, 0.2) is 41.3 Å². The maximum absolute atomic E-state index is 14.1. The second-order valence-electron chi connectivity index (χ2n) is 6.70. The van der Waals surface area contributed by atoms with E-state index in [0.29, 0.717) is 23.7 Å². The van der Waals surface area contributed by atoms with Gasteiger partial charge in [0, 0.05) is 10.6 Å². The second kappa shape index (κ2) is 11.2. The SMILES string of the molecule is CCOC(=O)COc1ccc(/C=C2\SC(=O)N(Cc3c(F)cccc3Cl)C2=O)cc1OCC. The van der Waals surface area contributed by atoms with E-state index in [1.54, 1.807) is 32.0 Å². The molecule has 2 aromatic carbocycles. The number of benzene rings is 2. The molecule has 0 unspecified atom stereocenters. The molecule has 0 radical (unpaired) electrons. The molecule has 0 aromatic heterocycles. The molecule has 1 heterocycles. The molecule has 0 atom stereocenters. The summed E-state index contributed by atoms with van der Waals surface area (Å²) in [6.07, 6.45) is 1.53. The lowest BCUT2D eigenvalue weighted by molar-refractivity contribution is -0.145. The summed E-state index contributed by atoms with van der Waals surface area (Å²) in [7, 11) is 0. The number of hydrogen-bond acceptors (Lipinski definition) is 7. The first-order chi connectivity index (χ1) is 15.8. The van der Waals surface area contributed by atoms with Crippen LogP contribution in [-0.4, -0.2) is 41.8 Å². The van der Waals surface area contributed by atoms with Crippen molar-refractivity contribution in [1.82, 2.24) is 4.90 Å². The number of ether oxygens (including phenoxy) is 3. The van der Waals surface area contributed by atoms with Crippen molar-refractivity contribution in [2.75, 3.05) is 19.8 Å². The van der Waals surface area contributed by atoms with E-state index >= 15 is 0 Å². The molecule has 2 amide bonds. The summed E-state index contributed by atoms with van der Waals surface area (Å²) in [5.41, 5.74) is 0.654. The van der Waals surface area contributed by atoms with Gasteiger partial charge in [0.05, 0.1) is 24.7 Å². The van der Waals surface area contributed by atoms with Crippen LogP contribution < -0.4 is 9.47 Å². The fourth-order valence-corrected chi connectivity index (χ4v) is 4.03. The minimum absolute atomic E-state index is 0.0736. The molecular weight excluding hydrogens is 473 g/mol. The summed E-state index contributed by atoms with van der Waals surface area (Å²) in [5.74, 6) is -0.944. The maximum atomic E-state index is 14.1. The molecule has 0 spiro atoms. The van der Waals surface area contributed by atoms with Gasteiger partial charge in [0.15, 0.2) is 18.1 Å². The molecule has 7 nitrogen and oxygen atoms in total. The molecule has 10 heteroatoms. The van der Waals surface area contributed by atoms with Crippen molar-refractivity contribution in [3.63, 3.8) is 0 Å². The zero-order chi connectivity index (χ0) is 24.0. The third-order valence-corrected chi connectivity index (χ3v) is 5.73. The Morgan fingerprint density at radius 2 is 1.91 bits per heavy atom. The van der Waals surface area contributed by atoms with Gasteiger partial charge in [0.25, 0.3) is 11.1 Å². The van der Waals surface area contributed by atoms with Crippen molar-refractivity contribution in [1.29, 1.82) is 0 Å². The minimum atomic E-state index is -0.592. The maximum Gasteiger partial charge on any atom is 0.344 e. The molecule has 33 heavy (non-hydrogen) atoms. The van der Waals surface area contributed by atoms with Crippen LogP contribution in [0.1, 0.15) is 25.0 Å². The smallest absolute Gasteiger partial charge is 0.344 e. The van der Waals surface area contributed by atoms with Crippen molar-refractivity contribution >= 4 is 46.6 Å². The minimum Gasteiger partial charge on any atom is -0.490 e. The number of rotatable bonds is 9. The highest BCUT2D eigenvalue weighted by Gasteiger charge is 2.36. The average molecular weight is 494 g/mol. The van der Waals surface area contributed by atoms with Gasteiger partial charge >= 0.3 is 5.97 Å². The third-order valence-electron chi connectivity index (χ3n) is 4.47. The molecule has 3 rings (SSSR count). The van der Waals surface area contributed by atoms with Gasteiger partial charge in [-0.1, -0.05) is 23.7 Å². The summed E-state index contributed by atoms with van der Waals surface area (Å²) in [6, 6.07) is 9.05. The lowest BCUT2D eigenvalue weighted by Crippen LogP contribution is -2.28. The Hall–Kier alpha value is -3.04. The van der Waals surface area contributed by atoms with Gasteiger partial charge in [0.2, 0.25) is 0 Å². The number of amides is 2. The second-order valence-corrected chi connectivity index (χ2v) is 8.10. The molecular formula is C23H21ClFNO6S. The van der Waals surface area contributed by atoms with Gasteiger partial charge in [0.1, 0.15) is 5.82 Å². The van der Waals surface area contributed by atoms with Crippen LogP contribution in [0, 0.1) is 5.82 Å². The van der Waals surface area contributed by atoms with Crippen LogP contribution in [0.3, 0.4) is 0 Å². The van der Waals surface area contributed by atoms with Crippen molar-refractivity contribution < 1.29 is 33.0 Å². The van der Waals surface area contributed by atoms with E-state index in [-0.39, 0.29) is 35.2 Å². The van der Waals surface area contributed by atoms with Gasteiger partial charge in [-0.2, -0.15) is 0 Å². The fraction of sp³-hybridized carbons (Fsp3) is 0.261. The van der Waals surface area contributed by atoms with E-state index in [0.717, 1.165) is 16.7 Å². The van der Waals surface area contributed by atoms with Crippen LogP contribution >= 0.6 is 23.4 Å². The highest BCUT2D eigenvalue weighted by Crippen LogP contribution is 2.36. The Bertz CT molecular complexity index is 1090. The normalized spacial score (nSPS) is 14.7. The topological polar surface area (TPSA) is 82.1 Å². The van der Waals surface area contributed by atoms with Gasteiger partial charge < -0.3 is 14.2 Å². The van der Waals surface area contributed by atoms with Crippen LogP contribution in [0.4, 0.5) is 9.18 Å². The number of imide groups is 1. The summed E-state index contributed by atoms with van der Waals surface area (Å²) in [6.45, 7) is 3.55. The van der Waals surface area contributed by atoms with Gasteiger partial charge in [-0.3, -0.25) is 14.5 Å². The van der Waals surface area contributed by atoms with Gasteiger partial charge in [-0.25, -0.2) is 9.18 Å². The Kier molecular flexibility index (Phi) is 8.35. The van der Waals surface area contributed by atoms with Crippen LogP contribution in [0.5, 0.6) is 11.5 Å². The molecule has 0 saturated carbocycles. The van der Waals surface area contributed by atoms with Gasteiger partial charge in [-0.15, -0.1) is 0 Å². The number of carbonyl (C=O) groups excluding carboxylic acids is 3. The van der Waals surface area contributed by atoms with Crippen LogP contribution in [0.2, 0.25) is 5.02 Å². The summed E-state index contributed by atoms with van der Waals surface area (Å²) >= 11 is 6.78. The lowest BCUT2D eigenvalue weighted by Gasteiger charge is -2.14.